The number of para-hydroxylation sites is 2. The zero-order chi connectivity index (χ0) is 19.3. The molecule has 0 aliphatic heterocycles. The fourth-order valence-corrected chi connectivity index (χ4v) is 2.89. The molecule has 0 saturated carbocycles. The molecular weight excluding hydrogens is 356 g/mol. The molecule has 1 amide bonds. The van der Waals surface area contributed by atoms with Crippen LogP contribution >= 0.6 is 12.2 Å². The van der Waals surface area contributed by atoms with Crippen LogP contribution in [0.4, 0.5) is 5.69 Å². The minimum Gasteiger partial charge on any atom is -0.487 e. The number of hydrogen-bond acceptors (Lipinski definition) is 3. The Hall–Kier alpha value is -2.40. The van der Waals surface area contributed by atoms with Gasteiger partial charge in [0.1, 0.15) is 12.4 Å². The number of carbonyl (C=O) groups excluding carboxylic acids is 1. The number of thiocarbonyl (C=S) groups is 1. The van der Waals surface area contributed by atoms with Gasteiger partial charge < -0.3 is 15.4 Å². The summed E-state index contributed by atoms with van der Waals surface area (Å²) in [7, 11) is 0. The van der Waals surface area contributed by atoms with Crippen molar-refractivity contribution in [1.29, 1.82) is 0 Å². The second-order valence-corrected chi connectivity index (χ2v) is 6.85. The molecule has 0 aliphatic carbocycles. The van der Waals surface area contributed by atoms with Gasteiger partial charge in [-0.15, -0.1) is 0 Å². The number of hydrogen-bond donors (Lipinski definition) is 2. The molecule has 0 spiro atoms. The number of amides is 1. The van der Waals surface area contributed by atoms with E-state index in [-0.39, 0.29) is 5.91 Å². The quantitative estimate of drug-likeness (QED) is 0.423. The van der Waals surface area contributed by atoms with Crippen LogP contribution in [0.2, 0.25) is 0 Å². The number of carbonyl (C=O) groups is 1. The Bertz CT molecular complexity index is 719. The molecule has 0 radical (unpaired) electrons. The summed E-state index contributed by atoms with van der Waals surface area (Å²) in [5.74, 6) is 0.643. The normalized spacial score (nSPS) is 10.3. The van der Waals surface area contributed by atoms with Crippen LogP contribution in [0.25, 0.3) is 0 Å². The summed E-state index contributed by atoms with van der Waals surface area (Å²) in [6.07, 6.45) is 6.08. The lowest BCUT2D eigenvalue weighted by Gasteiger charge is -2.14. The van der Waals surface area contributed by atoms with E-state index >= 15 is 0 Å². The van der Waals surface area contributed by atoms with E-state index < -0.39 is 0 Å². The molecule has 2 rings (SSSR count). The van der Waals surface area contributed by atoms with Crippen molar-refractivity contribution >= 4 is 28.9 Å². The Morgan fingerprint density at radius 3 is 2.44 bits per heavy atom. The van der Waals surface area contributed by atoms with Crippen molar-refractivity contribution in [2.45, 2.75) is 52.1 Å². The Labute approximate surface area is 167 Å². The van der Waals surface area contributed by atoms with Gasteiger partial charge in [0.05, 0.1) is 5.69 Å². The molecule has 5 heteroatoms. The third kappa shape index (κ3) is 8.22. The smallest absolute Gasteiger partial charge is 0.226 e. The summed E-state index contributed by atoms with van der Waals surface area (Å²) >= 11 is 5.27. The number of benzene rings is 2. The van der Waals surface area contributed by atoms with Gasteiger partial charge in [-0.1, -0.05) is 75.1 Å². The average molecular weight is 385 g/mol. The standard InChI is InChI=1S/C22H28N2O2S/c1-2-3-4-5-9-16-21(25)24-22(27)23-19-14-10-11-15-20(19)26-17-18-12-7-6-8-13-18/h6-8,10-15H,2-5,9,16-17H2,1H3,(H2,23,24,25,27). The summed E-state index contributed by atoms with van der Waals surface area (Å²) in [4.78, 5) is 12.0. The van der Waals surface area contributed by atoms with Gasteiger partial charge in [0.25, 0.3) is 0 Å². The number of nitrogens with one attached hydrogen (secondary N) is 2. The topological polar surface area (TPSA) is 50.4 Å². The SMILES string of the molecule is CCCCCCCC(=O)NC(=S)Nc1ccccc1OCc1ccccc1. The molecular formula is C22H28N2O2S. The van der Waals surface area contributed by atoms with E-state index in [2.05, 4.69) is 17.6 Å². The number of rotatable bonds is 10. The van der Waals surface area contributed by atoms with Gasteiger partial charge in [-0.05, 0) is 36.3 Å². The monoisotopic (exact) mass is 384 g/mol. The van der Waals surface area contributed by atoms with E-state index in [1.165, 1.54) is 19.3 Å². The van der Waals surface area contributed by atoms with Crippen LogP contribution in [0.15, 0.2) is 54.6 Å². The molecule has 0 aromatic heterocycles. The van der Waals surface area contributed by atoms with Crippen molar-refractivity contribution in [2.75, 3.05) is 5.32 Å². The van der Waals surface area contributed by atoms with Gasteiger partial charge >= 0.3 is 0 Å². The van der Waals surface area contributed by atoms with Crippen molar-refractivity contribution < 1.29 is 9.53 Å². The molecule has 0 aliphatic rings. The summed E-state index contributed by atoms with van der Waals surface area (Å²) in [5, 5.41) is 6.10. The summed E-state index contributed by atoms with van der Waals surface area (Å²) in [5.41, 5.74) is 1.83. The van der Waals surface area contributed by atoms with E-state index in [1.54, 1.807) is 0 Å². The van der Waals surface area contributed by atoms with E-state index in [0.29, 0.717) is 23.9 Å². The first-order valence-corrected chi connectivity index (χ1v) is 9.96. The molecule has 2 aromatic rings. The van der Waals surface area contributed by atoms with Crippen LogP contribution < -0.4 is 15.4 Å². The molecule has 0 fully saturated rings. The van der Waals surface area contributed by atoms with Crippen LogP contribution in [0.3, 0.4) is 0 Å². The minimum atomic E-state index is -0.0494. The van der Waals surface area contributed by atoms with Crippen LogP contribution in [-0.2, 0) is 11.4 Å². The highest BCUT2D eigenvalue weighted by molar-refractivity contribution is 7.80. The highest BCUT2D eigenvalue weighted by Gasteiger charge is 2.08. The van der Waals surface area contributed by atoms with Gasteiger partial charge in [-0.25, -0.2) is 0 Å². The fourth-order valence-electron chi connectivity index (χ4n) is 2.66. The number of ether oxygens (including phenoxy) is 1. The maximum atomic E-state index is 12.0. The lowest BCUT2D eigenvalue weighted by atomic mass is 10.1. The largest absolute Gasteiger partial charge is 0.487 e. The van der Waals surface area contributed by atoms with Gasteiger partial charge in [-0.2, -0.15) is 0 Å². The summed E-state index contributed by atoms with van der Waals surface area (Å²) in [6.45, 7) is 2.65. The molecule has 0 saturated heterocycles. The first-order chi connectivity index (χ1) is 13.2. The van der Waals surface area contributed by atoms with Crippen molar-refractivity contribution in [1.82, 2.24) is 5.32 Å². The second kappa shape index (κ2) is 12.1. The van der Waals surface area contributed by atoms with Crippen molar-refractivity contribution in [2.24, 2.45) is 0 Å². The molecule has 0 bridgehead atoms. The maximum Gasteiger partial charge on any atom is 0.226 e. The lowest BCUT2D eigenvalue weighted by molar-refractivity contribution is -0.119. The minimum absolute atomic E-state index is 0.0494. The highest BCUT2D eigenvalue weighted by atomic mass is 32.1. The molecule has 0 atom stereocenters. The lowest BCUT2D eigenvalue weighted by Crippen LogP contribution is -2.34. The number of anilines is 1. The van der Waals surface area contributed by atoms with Crippen LogP contribution in [-0.4, -0.2) is 11.0 Å². The molecule has 0 unspecified atom stereocenters. The van der Waals surface area contributed by atoms with E-state index in [0.717, 1.165) is 24.1 Å². The van der Waals surface area contributed by atoms with Crippen LogP contribution in [0.5, 0.6) is 5.75 Å². The molecule has 0 heterocycles. The van der Waals surface area contributed by atoms with Gasteiger partial charge in [0.15, 0.2) is 5.11 Å². The first kappa shape index (κ1) is 20.9. The maximum absolute atomic E-state index is 12.0. The van der Waals surface area contributed by atoms with Crippen LogP contribution in [0.1, 0.15) is 51.0 Å². The molecule has 27 heavy (non-hydrogen) atoms. The zero-order valence-electron chi connectivity index (χ0n) is 15.9. The predicted octanol–water partition coefficient (Wildman–Crippen LogP) is 5.44. The first-order valence-electron chi connectivity index (χ1n) is 9.55. The van der Waals surface area contributed by atoms with Gasteiger partial charge in [0, 0.05) is 6.42 Å². The predicted molar refractivity (Wildman–Crippen MR) is 115 cm³/mol. The van der Waals surface area contributed by atoms with E-state index in [4.69, 9.17) is 17.0 Å². The Kier molecular flexibility index (Phi) is 9.35. The third-order valence-corrected chi connectivity index (χ3v) is 4.34. The van der Waals surface area contributed by atoms with Crippen LogP contribution in [0, 0.1) is 0 Å². The Balaban J connectivity index is 1.80. The summed E-state index contributed by atoms with van der Waals surface area (Å²) in [6, 6.07) is 17.5. The fraction of sp³-hybridized carbons (Fsp3) is 0.364. The van der Waals surface area contributed by atoms with Crippen molar-refractivity contribution in [3.63, 3.8) is 0 Å². The van der Waals surface area contributed by atoms with E-state index in [9.17, 15) is 4.79 Å². The summed E-state index contributed by atoms with van der Waals surface area (Å²) < 4.78 is 5.90. The van der Waals surface area contributed by atoms with Gasteiger partial charge in [0.2, 0.25) is 5.91 Å². The Morgan fingerprint density at radius 1 is 0.963 bits per heavy atom. The van der Waals surface area contributed by atoms with Gasteiger partial charge in [-0.3, -0.25) is 4.79 Å². The molecule has 2 N–H and O–H groups in total. The third-order valence-electron chi connectivity index (χ3n) is 4.13. The second-order valence-electron chi connectivity index (χ2n) is 6.44. The average Bonchev–Trinajstić information content (AvgIpc) is 2.68. The van der Waals surface area contributed by atoms with E-state index in [1.807, 2.05) is 54.6 Å². The molecule has 144 valence electrons. The molecule has 4 nitrogen and oxygen atoms in total. The highest BCUT2D eigenvalue weighted by Crippen LogP contribution is 2.24. The van der Waals surface area contributed by atoms with Crippen molar-refractivity contribution in [3.8, 4) is 5.75 Å². The number of unbranched alkanes of at least 4 members (excludes halogenated alkanes) is 4. The molecule has 2 aromatic carbocycles. The zero-order valence-corrected chi connectivity index (χ0v) is 16.7. The van der Waals surface area contributed by atoms with Crippen molar-refractivity contribution in [3.05, 3.63) is 60.2 Å². The Morgan fingerprint density at radius 2 is 1.67 bits per heavy atom.